The summed E-state index contributed by atoms with van der Waals surface area (Å²) in [4.78, 5) is 15.4. The molecule has 2 aromatic rings. The number of aromatic carboxylic acids is 1. The highest BCUT2D eigenvalue weighted by molar-refractivity contribution is 5.92. The van der Waals surface area contributed by atoms with E-state index in [1.54, 1.807) is 18.2 Å². The number of carboxylic acid groups (broad SMARTS) is 1. The first-order chi connectivity index (χ1) is 9.34. The van der Waals surface area contributed by atoms with Gasteiger partial charge in [0.1, 0.15) is 5.82 Å². The Kier molecular flexibility index (Phi) is 3.81. The molecule has 5 heteroatoms. The fourth-order valence-corrected chi connectivity index (χ4v) is 2.40. The third-order valence-electron chi connectivity index (χ3n) is 3.26. The van der Waals surface area contributed by atoms with Crippen LogP contribution in [0, 0.1) is 6.92 Å². The third kappa shape index (κ3) is 2.82. The van der Waals surface area contributed by atoms with E-state index in [2.05, 4.69) is 9.55 Å². The molecule has 0 aliphatic heterocycles. The summed E-state index contributed by atoms with van der Waals surface area (Å²) in [6.45, 7) is 9.29. The molecule has 0 unspecified atom stereocenters. The minimum Gasteiger partial charge on any atom is -0.478 e. The average Bonchev–Trinajstić information content (AvgIpc) is 2.64. The smallest absolute Gasteiger partial charge is 0.335 e. The van der Waals surface area contributed by atoms with Crippen LogP contribution in [0.4, 0.5) is 0 Å². The van der Waals surface area contributed by atoms with E-state index in [9.17, 15) is 4.79 Å². The number of aryl methyl sites for hydroxylation is 1. The van der Waals surface area contributed by atoms with E-state index >= 15 is 0 Å². The molecular formula is C15H20N2O3. The molecule has 1 heterocycles. The van der Waals surface area contributed by atoms with Crippen LogP contribution in [0.3, 0.4) is 0 Å². The summed E-state index contributed by atoms with van der Waals surface area (Å²) in [5, 5.41) is 9.02. The van der Waals surface area contributed by atoms with Gasteiger partial charge in [-0.2, -0.15) is 0 Å². The van der Waals surface area contributed by atoms with Gasteiger partial charge in [0.15, 0.2) is 0 Å². The summed E-state index contributed by atoms with van der Waals surface area (Å²) in [5.74, 6) is -0.0796. The lowest BCUT2D eigenvalue weighted by Crippen LogP contribution is -2.30. The molecule has 0 amide bonds. The number of imidazole rings is 1. The van der Waals surface area contributed by atoms with Crippen molar-refractivity contribution in [2.75, 3.05) is 6.61 Å². The van der Waals surface area contributed by atoms with Crippen molar-refractivity contribution in [2.24, 2.45) is 0 Å². The van der Waals surface area contributed by atoms with Crippen molar-refractivity contribution < 1.29 is 14.6 Å². The van der Waals surface area contributed by atoms with Crippen LogP contribution in [0.5, 0.6) is 0 Å². The Morgan fingerprint density at radius 3 is 2.75 bits per heavy atom. The molecule has 0 saturated heterocycles. The van der Waals surface area contributed by atoms with Crippen LogP contribution < -0.4 is 0 Å². The van der Waals surface area contributed by atoms with Gasteiger partial charge < -0.3 is 14.4 Å². The molecule has 0 bridgehead atoms. The van der Waals surface area contributed by atoms with Gasteiger partial charge in [-0.25, -0.2) is 9.78 Å². The molecule has 0 aliphatic carbocycles. The maximum Gasteiger partial charge on any atom is 0.335 e. The summed E-state index contributed by atoms with van der Waals surface area (Å²) >= 11 is 0. The second kappa shape index (κ2) is 5.25. The predicted octanol–water partition coefficient (Wildman–Crippen LogP) is 2.86. The van der Waals surface area contributed by atoms with Gasteiger partial charge in [-0.1, -0.05) is 0 Å². The first-order valence-electron chi connectivity index (χ1n) is 6.68. The molecule has 2 rings (SSSR count). The van der Waals surface area contributed by atoms with E-state index in [0.29, 0.717) is 18.7 Å². The van der Waals surface area contributed by atoms with E-state index < -0.39 is 5.97 Å². The molecule has 20 heavy (non-hydrogen) atoms. The molecule has 0 spiro atoms. The van der Waals surface area contributed by atoms with Crippen molar-refractivity contribution in [1.82, 2.24) is 9.55 Å². The number of ether oxygens (including phenoxy) is 1. The monoisotopic (exact) mass is 276 g/mol. The van der Waals surface area contributed by atoms with Gasteiger partial charge in [0.2, 0.25) is 0 Å². The minimum absolute atomic E-state index is 0.256. The molecule has 5 nitrogen and oxygen atoms in total. The van der Waals surface area contributed by atoms with E-state index in [1.807, 2.05) is 27.7 Å². The number of nitrogens with zero attached hydrogens (tertiary/aromatic N) is 2. The molecule has 108 valence electrons. The molecule has 1 aromatic heterocycles. The summed E-state index contributed by atoms with van der Waals surface area (Å²) in [6.07, 6.45) is 0. The fourth-order valence-electron chi connectivity index (χ4n) is 2.40. The fraction of sp³-hybridized carbons (Fsp3) is 0.467. The Morgan fingerprint density at radius 1 is 1.45 bits per heavy atom. The van der Waals surface area contributed by atoms with Gasteiger partial charge in [-0.15, -0.1) is 0 Å². The van der Waals surface area contributed by atoms with Crippen molar-refractivity contribution in [2.45, 2.75) is 39.8 Å². The molecular weight excluding hydrogens is 256 g/mol. The average molecular weight is 276 g/mol. The van der Waals surface area contributed by atoms with Crippen molar-refractivity contribution in [3.8, 4) is 0 Å². The number of carbonyl (C=O) groups is 1. The van der Waals surface area contributed by atoms with Crippen LogP contribution in [0.1, 0.15) is 37.0 Å². The maximum absolute atomic E-state index is 11.0. The predicted molar refractivity (Wildman–Crippen MR) is 77.1 cm³/mol. The zero-order valence-electron chi connectivity index (χ0n) is 12.3. The van der Waals surface area contributed by atoms with Gasteiger partial charge in [-0.3, -0.25) is 0 Å². The number of hydrogen-bond donors (Lipinski definition) is 1. The Labute approximate surface area is 118 Å². The highest BCUT2D eigenvalue weighted by atomic mass is 16.5. The van der Waals surface area contributed by atoms with Crippen molar-refractivity contribution in [3.05, 3.63) is 29.6 Å². The van der Waals surface area contributed by atoms with Crippen molar-refractivity contribution in [1.29, 1.82) is 0 Å². The number of rotatable bonds is 5. The first-order valence-corrected chi connectivity index (χ1v) is 6.68. The van der Waals surface area contributed by atoms with Crippen molar-refractivity contribution >= 4 is 17.0 Å². The first kappa shape index (κ1) is 14.5. The van der Waals surface area contributed by atoms with Gasteiger partial charge in [0.05, 0.1) is 28.7 Å². The van der Waals surface area contributed by atoms with E-state index in [4.69, 9.17) is 9.84 Å². The summed E-state index contributed by atoms with van der Waals surface area (Å²) in [6, 6.07) is 5.02. The van der Waals surface area contributed by atoms with Gasteiger partial charge in [-0.05, 0) is 45.9 Å². The lowest BCUT2D eigenvalue weighted by molar-refractivity contribution is -0.0220. The minimum atomic E-state index is -0.936. The number of aromatic nitrogens is 2. The highest BCUT2D eigenvalue weighted by Crippen LogP contribution is 2.22. The maximum atomic E-state index is 11.0. The van der Waals surface area contributed by atoms with Crippen LogP contribution in [0.25, 0.3) is 11.0 Å². The SMILES string of the molecule is CCOC(C)(C)Cn1c(C)nc2cc(C(=O)O)ccc21. The highest BCUT2D eigenvalue weighted by Gasteiger charge is 2.21. The second-order valence-electron chi connectivity index (χ2n) is 5.45. The van der Waals surface area contributed by atoms with Crippen LogP contribution in [0.2, 0.25) is 0 Å². The van der Waals surface area contributed by atoms with E-state index in [1.165, 1.54) is 0 Å². The van der Waals surface area contributed by atoms with Gasteiger partial charge in [0, 0.05) is 6.61 Å². The van der Waals surface area contributed by atoms with Crippen LogP contribution in [-0.4, -0.2) is 32.8 Å². The number of carboxylic acids is 1. The summed E-state index contributed by atoms with van der Waals surface area (Å²) < 4.78 is 7.79. The van der Waals surface area contributed by atoms with Crippen LogP contribution >= 0.6 is 0 Å². The summed E-state index contributed by atoms with van der Waals surface area (Å²) in [7, 11) is 0. The Hall–Kier alpha value is -1.88. The van der Waals surface area contributed by atoms with Crippen LogP contribution in [0.15, 0.2) is 18.2 Å². The number of benzene rings is 1. The summed E-state index contributed by atoms with van der Waals surface area (Å²) in [5.41, 5.74) is 1.60. The largest absolute Gasteiger partial charge is 0.478 e. The normalized spacial score (nSPS) is 12.0. The number of fused-ring (bicyclic) bond motifs is 1. The molecule has 1 N–H and O–H groups in total. The van der Waals surface area contributed by atoms with Gasteiger partial charge in [0.25, 0.3) is 0 Å². The molecule has 0 fully saturated rings. The van der Waals surface area contributed by atoms with Crippen molar-refractivity contribution in [3.63, 3.8) is 0 Å². The molecule has 0 radical (unpaired) electrons. The molecule has 0 aliphatic rings. The van der Waals surface area contributed by atoms with E-state index in [0.717, 1.165) is 11.3 Å². The molecule has 0 saturated carbocycles. The number of hydrogen-bond acceptors (Lipinski definition) is 3. The zero-order valence-corrected chi connectivity index (χ0v) is 12.3. The quantitative estimate of drug-likeness (QED) is 0.912. The standard InChI is InChI=1S/C15H20N2O3/c1-5-20-15(3,4)9-17-10(2)16-12-8-11(14(18)19)6-7-13(12)17/h6-8H,5,9H2,1-4H3,(H,18,19). The zero-order chi connectivity index (χ0) is 14.9. The third-order valence-corrected chi connectivity index (χ3v) is 3.26. The Morgan fingerprint density at radius 2 is 2.15 bits per heavy atom. The second-order valence-corrected chi connectivity index (χ2v) is 5.45. The lowest BCUT2D eigenvalue weighted by Gasteiger charge is -2.26. The topological polar surface area (TPSA) is 64.4 Å². The van der Waals surface area contributed by atoms with Crippen LogP contribution in [-0.2, 0) is 11.3 Å². The molecule has 0 atom stereocenters. The Bertz CT molecular complexity index is 644. The lowest BCUT2D eigenvalue weighted by atomic mass is 10.1. The Balaban J connectivity index is 2.44. The van der Waals surface area contributed by atoms with Gasteiger partial charge >= 0.3 is 5.97 Å². The molecule has 1 aromatic carbocycles. The van der Waals surface area contributed by atoms with E-state index in [-0.39, 0.29) is 11.2 Å².